The number of hydrogen-bond acceptors (Lipinski definition) is 18. The average Bonchev–Trinajstić information content (AvgIpc) is 1.56. The van der Waals surface area contributed by atoms with E-state index in [1.54, 1.807) is 70.2 Å². The number of halogens is 2. The molecule has 0 bridgehead atoms. The van der Waals surface area contributed by atoms with E-state index in [2.05, 4.69) is 57.6 Å². The van der Waals surface area contributed by atoms with Gasteiger partial charge in [0.2, 0.25) is 23.6 Å². The first-order valence-corrected chi connectivity index (χ1v) is 36.5. The number of methoxy groups -OCH3 is 2. The third kappa shape index (κ3) is 15.7. The molecule has 4 aromatic heterocycles. The molecule has 6 aromatic rings. The fraction of sp³-hybridized carbons (Fsp3) is 0.514. The second-order valence-electron chi connectivity index (χ2n) is 26.7. The van der Waals surface area contributed by atoms with Gasteiger partial charge in [0, 0.05) is 72.7 Å². The molecule has 2 unspecified atom stereocenters. The summed E-state index contributed by atoms with van der Waals surface area (Å²) in [5.74, 6) is -2.40. The highest BCUT2D eigenvalue weighted by atomic mass is 35.5. The summed E-state index contributed by atoms with van der Waals surface area (Å²) in [5, 5.41) is 13.6. The summed E-state index contributed by atoms with van der Waals surface area (Å²) in [4.78, 5) is 105. The smallest absolute Gasteiger partial charge is 0.332 e. The number of ether oxygens (including phenoxy) is 6. The minimum atomic E-state index is -1.17. The number of amides is 4. The number of benzene rings is 2. The predicted molar refractivity (Wildman–Crippen MR) is 382 cm³/mol. The molecule has 5 heterocycles. The first-order chi connectivity index (χ1) is 47.0. The lowest BCUT2D eigenvalue weighted by molar-refractivity contribution is -0.150. The van der Waals surface area contributed by atoms with Crippen LogP contribution < -0.4 is 29.6 Å². The van der Waals surface area contributed by atoms with E-state index in [0.29, 0.717) is 111 Å². The number of thiazole rings is 2. The van der Waals surface area contributed by atoms with Crippen LogP contribution in [0.3, 0.4) is 0 Å². The second kappa shape index (κ2) is 31.7. The van der Waals surface area contributed by atoms with Crippen molar-refractivity contribution in [1.29, 1.82) is 0 Å². The van der Waals surface area contributed by atoms with Gasteiger partial charge in [0.15, 0.2) is 0 Å². The van der Waals surface area contributed by atoms with Crippen molar-refractivity contribution in [2.75, 3.05) is 54.6 Å². The van der Waals surface area contributed by atoms with Crippen molar-refractivity contribution < 1.29 is 57.2 Å². The second-order valence-corrected chi connectivity index (χ2v) is 29.2. The standard InChI is InChI=1S/C38H47ClN4O6S.C36H43ClN4O6S/c1-8-11-12-13-16-43(6)36(45)27-18-24(17-26(27)34(44)42-38(20-23(38)9-2)37(46)48-10-3)49-31-19-28(35-41-29(21-50-35)22(4)5)40-33-25(31)14-15-30(47-7)32(33)39;1-6-46-35(44)36-18-21(36)11-9-7-8-10-14-41(4)34(43)25-16-22(15-24(25)32(42)40-36)47-29-17-26(33-39-27(19-48-33)20(2)3)38-31-23(29)12-13-28(45-5)30(31)37/h8-9,14-15,19,21-24,26-27H,1-2,10-13,16-18,20H2,3-7H3,(H,42,44);9,11-13,17,19-22,24-25H,6-8,10,14-16,18H2,1-5H3,(H,40,42)/b;11-9-/t23-,24?,26-,27-,38-;21-,22?,24-,25-,36-/m11/s1. The molecule has 4 amide bonds. The zero-order chi connectivity index (χ0) is 70.3. The van der Waals surface area contributed by atoms with Crippen molar-refractivity contribution in [3.8, 4) is 44.4 Å². The van der Waals surface area contributed by atoms with Crippen LogP contribution in [0, 0.1) is 35.5 Å². The van der Waals surface area contributed by atoms with Crippen molar-refractivity contribution in [2.24, 2.45) is 35.5 Å². The molecule has 24 heteroatoms. The van der Waals surface area contributed by atoms with Crippen LogP contribution in [0.15, 0.2) is 84.6 Å². The monoisotopic (exact) mass is 1420 g/mol. The Balaban J connectivity index is 0.000000213. The lowest BCUT2D eigenvalue weighted by Crippen LogP contribution is -2.50. The molecule has 4 fully saturated rings. The molecule has 5 aliphatic rings. The van der Waals surface area contributed by atoms with Crippen molar-refractivity contribution in [3.05, 3.63) is 106 Å². The SMILES string of the molecule is C=CCCCCN(C)C(=O)[C@@H]1CC(Oc2cc(-c3nc(C(C)C)cs3)nc3c(Cl)c(OC)ccc23)C[C@H]1C(=O)N[C@]1(C(=O)OCC)C[C@H]1C=C.CCOC(=O)[C@@]12C[C@H]1/C=C\CCCCN(C)C(=O)[C@@H]1CC(Oc3cc(-c4nc(C(C)C)cs4)nc4c(Cl)c(OC)ccc34)C[C@H]1C(=O)N2. The van der Waals surface area contributed by atoms with Crippen LogP contribution in [-0.4, -0.2) is 143 Å². The molecular weight excluding hydrogens is 1330 g/mol. The van der Waals surface area contributed by atoms with E-state index >= 15 is 0 Å². The summed E-state index contributed by atoms with van der Waals surface area (Å²) in [7, 11) is 6.66. The number of fused-ring (bicyclic) bond motifs is 4. The maximum absolute atomic E-state index is 14.1. The fourth-order valence-corrected chi connectivity index (χ4v) is 16.0. The lowest BCUT2D eigenvalue weighted by Gasteiger charge is -2.26. The van der Waals surface area contributed by atoms with E-state index in [-0.39, 0.29) is 66.9 Å². The number of hydrogen-bond donors (Lipinski definition) is 2. The number of allylic oxidation sites excluding steroid dienone is 2. The molecule has 0 spiro atoms. The molecule has 1 aliphatic heterocycles. The zero-order valence-corrected chi connectivity index (χ0v) is 60.7. The van der Waals surface area contributed by atoms with E-state index in [1.165, 1.54) is 22.7 Å². The molecule has 4 saturated carbocycles. The summed E-state index contributed by atoms with van der Waals surface area (Å²) in [6.45, 7) is 21.0. The van der Waals surface area contributed by atoms with E-state index in [9.17, 15) is 28.8 Å². The van der Waals surface area contributed by atoms with Gasteiger partial charge in [-0.1, -0.05) is 75.2 Å². The van der Waals surface area contributed by atoms with Crippen LogP contribution >= 0.6 is 45.9 Å². The number of carbonyl (C=O) groups excluding carboxylic acids is 6. The van der Waals surface area contributed by atoms with E-state index in [4.69, 9.17) is 71.6 Å². The van der Waals surface area contributed by atoms with E-state index in [1.807, 2.05) is 47.2 Å². The maximum Gasteiger partial charge on any atom is 0.332 e. The van der Waals surface area contributed by atoms with Crippen LogP contribution in [0.2, 0.25) is 10.0 Å². The van der Waals surface area contributed by atoms with Crippen molar-refractivity contribution in [3.63, 3.8) is 0 Å². The third-order valence-corrected chi connectivity index (χ3v) is 21.9. The molecular formula is C74H90Cl2N8O12S2. The van der Waals surface area contributed by atoms with Crippen molar-refractivity contribution in [2.45, 2.75) is 154 Å². The molecule has 20 nitrogen and oxygen atoms in total. The molecule has 2 N–H and O–H groups in total. The van der Waals surface area contributed by atoms with Gasteiger partial charge in [-0.25, -0.2) is 29.5 Å². The molecule has 2 aromatic carbocycles. The van der Waals surface area contributed by atoms with E-state index in [0.717, 1.165) is 59.9 Å². The molecule has 4 aliphatic carbocycles. The van der Waals surface area contributed by atoms with Gasteiger partial charge in [-0.3, -0.25) is 19.2 Å². The van der Waals surface area contributed by atoms with Gasteiger partial charge in [-0.2, -0.15) is 0 Å². The molecule has 11 rings (SSSR count). The van der Waals surface area contributed by atoms with Gasteiger partial charge in [-0.05, 0) is 127 Å². The lowest BCUT2D eigenvalue weighted by atomic mass is 9.93. The first kappa shape index (κ1) is 73.1. The summed E-state index contributed by atoms with van der Waals surface area (Å²) in [5.41, 5.74) is 1.86. The molecule has 524 valence electrons. The number of carbonyl (C=O) groups is 6. The Kier molecular flexibility index (Phi) is 23.6. The number of nitrogens with zero attached hydrogens (tertiary/aromatic N) is 6. The summed E-state index contributed by atoms with van der Waals surface area (Å²) >= 11 is 16.6. The quantitative estimate of drug-likeness (QED) is 0.0344. The molecule has 0 saturated heterocycles. The largest absolute Gasteiger partial charge is 0.495 e. The molecule has 0 radical (unpaired) electrons. The van der Waals surface area contributed by atoms with Crippen LogP contribution in [0.4, 0.5) is 0 Å². The van der Waals surface area contributed by atoms with Crippen LogP contribution in [0.25, 0.3) is 43.2 Å². The van der Waals surface area contributed by atoms with Crippen molar-refractivity contribution >= 4 is 103 Å². The molecule has 98 heavy (non-hydrogen) atoms. The number of unbranched alkanes of at least 4 members (excludes halogenated alkanes) is 2. The van der Waals surface area contributed by atoms with E-state index < -0.39 is 58.9 Å². The summed E-state index contributed by atoms with van der Waals surface area (Å²) in [6.07, 6.45) is 13.9. The van der Waals surface area contributed by atoms with Gasteiger partial charge >= 0.3 is 11.9 Å². The Morgan fingerprint density at radius 2 is 1.32 bits per heavy atom. The number of nitrogens with one attached hydrogen (secondary N) is 2. The summed E-state index contributed by atoms with van der Waals surface area (Å²) in [6, 6.07) is 10.9. The van der Waals surface area contributed by atoms with Gasteiger partial charge in [0.05, 0.1) is 73.5 Å². The highest BCUT2D eigenvalue weighted by molar-refractivity contribution is 7.13. The summed E-state index contributed by atoms with van der Waals surface area (Å²) < 4.78 is 35.2. The number of esters is 2. The highest BCUT2D eigenvalue weighted by Crippen LogP contribution is 2.50. The third-order valence-electron chi connectivity index (χ3n) is 19.4. The number of rotatable bonds is 23. The van der Waals surface area contributed by atoms with Crippen LogP contribution in [0.1, 0.15) is 142 Å². The normalized spacial score (nSPS) is 24.7. The topological polar surface area (TPSA) is 240 Å². The van der Waals surface area contributed by atoms with Crippen LogP contribution in [-0.2, 0) is 38.2 Å². The van der Waals surface area contributed by atoms with Gasteiger partial charge in [0.25, 0.3) is 0 Å². The maximum atomic E-state index is 14.1. The van der Waals surface area contributed by atoms with Gasteiger partial charge < -0.3 is 48.9 Å². The van der Waals surface area contributed by atoms with Crippen LogP contribution in [0.5, 0.6) is 23.0 Å². The van der Waals surface area contributed by atoms with Gasteiger partial charge in [-0.15, -0.1) is 35.8 Å². The molecule has 10 atom stereocenters. The fourth-order valence-electron chi connectivity index (χ4n) is 13.5. The number of pyridine rings is 2. The average molecular weight is 1420 g/mol. The minimum absolute atomic E-state index is 0.0940. The highest BCUT2D eigenvalue weighted by Gasteiger charge is 2.63. The Labute approximate surface area is 591 Å². The number of aromatic nitrogens is 4. The Morgan fingerprint density at radius 3 is 1.85 bits per heavy atom. The zero-order valence-electron chi connectivity index (χ0n) is 57.6. The minimum Gasteiger partial charge on any atom is -0.495 e. The van der Waals surface area contributed by atoms with Gasteiger partial charge in [0.1, 0.15) is 77.7 Å². The Hall–Kier alpha value is -7.66. The van der Waals surface area contributed by atoms with Crippen molar-refractivity contribution in [1.82, 2.24) is 40.4 Å². The predicted octanol–water partition coefficient (Wildman–Crippen LogP) is 13.9. The first-order valence-electron chi connectivity index (χ1n) is 34.0. The Bertz CT molecular complexity index is 4010. The Morgan fingerprint density at radius 1 is 0.755 bits per heavy atom.